The SMILES string of the molecule is CCNC(=O)[C@H](NC(=O)C(C)(COC)c1ccc2nc(C(NC(=O)OC)C(OC)c3ccccc3Cl)[nH]c2c1)C1CCC1. The number of likely N-dealkylation sites (N-methyl/N-ethyl adjacent to an activating group) is 1. The van der Waals surface area contributed by atoms with Gasteiger partial charge in [-0.3, -0.25) is 9.59 Å². The molecule has 4 rings (SSSR count). The number of nitrogens with zero attached hydrogens (tertiary/aromatic N) is 1. The Bertz CT molecular complexity index is 1440. The van der Waals surface area contributed by atoms with E-state index < -0.39 is 29.7 Å². The number of ether oxygens (including phenoxy) is 3. The Morgan fingerprint density at radius 1 is 1.12 bits per heavy atom. The average molecular weight is 614 g/mol. The first kappa shape index (κ1) is 32.2. The van der Waals surface area contributed by atoms with Gasteiger partial charge in [0.1, 0.15) is 24.0 Å². The van der Waals surface area contributed by atoms with Crippen molar-refractivity contribution < 1.29 is 28.6 Å². The van der Waals surface area contributed by atoms with Gasteiger partial charge in [0.25, 0.3) is 0 Å². The number of nitrogens with one attached hydrogen (secondary N) is 4. The normalized spacial score (nSPS) is 16.8. The van der Waals surface area contributed by atoms with E-state index in [9.17, 15) is 14.4 Å². The van der Waals surface area contributed by atoms with Crippen LogP contribution in [0.2, 0.25) is 5.02 Å². The summed E-state index contributed by atoms with van der Waals surface area (Å²) in [5, 5.41) is 9.16. The molecule has 232 valence electrons. The number of carbonyl (C=O) groups is 3. The number of hydrogen-bond donors (Lipinski definition) is 4. The third kappa shape index (κ3) is 6.95. The van der Waals surface area contributed by atoms with Crippen molar-refractivity contribution >= 4 is 40.5 Å². The second-order valence-corrected chi connectivity index (χ2v) is 11.4. The Balaban J connectivity index is 1.70. The summed E-state index contributed by atoms with van der Waals surface area (Å²) in [5.41, 5.74) is 1.46. The maximum atomic E-state index is 13.9. The topological polar surface area (TPSA) is 144 Å². The van der Waals surface area contributed by atoms with Gasteiger partial charge in [0.15, 0.2) is 0 Å². The van der Waals surface area contributed by atoms with E-state index in [1.165, 1.54) is 21.3 Å². The second-order valence-electron chi connectivity index (χ2n) is 10.9. The van der Waals surface area contributed by atoms with Crippen molar-refractivity contribution in [1.82, 2.24) is 25.9 Å². The van der Waals surface area contributed by atoms with Crippen molar-refractivity contribution in [3.05, 3.63) is 64.4 Å². The Labute approximate surface area is 256 Å². The van der Waals surface area contributed by atoms with Crippen LogP contribution in [-0.2, 0) is 29.2 Å². The highest BCUT2D eigenvalue weighted by atomic mass is 35.5. The van der Waals surface area contributed by atoms with Crippen LogP contribution in [0.5, 0.6) is 0 Å². The van der Waals surface area contributed by atoms with Crippen molar-refractivity contribution in [2.45, 2.75) is 56.7 Å². The number of alkyl carbamates (subject to hydrolysis) is 1. The number of fused-ring (bicyclic) bond motifs is 1. The molecule has 3 aromatic rings. The van der Waals surface area contributed by atoms with Gasteiger partial charge in [-0.1, -0.05) is 42.3 Å². The van der Waals surface area contributed by atoms with Crippen LogP contribution in [0.1, 0.15) is 62.2 Å². The van der Waals surface area contributed by atoms with Crippen LogP contribution >= 0.6 is 11.6 Å². The van der Waals surface area contributed by atoms with Gasteiger partial charge in [0, 0.05) is 31.4 Å². The summed E-state index contributed by atoms with van der Waals surface area (Å²) in [4.78, 5) is 47.1. The van der Waals surface area contributed by atoms with E-state index in [0.29, 0.717) is 39.6 Å². The van der Waals surface area contributed by atoms with Crippen LogP contribution in [0.4, 0.5) is 4.79 Å². The number of methoxy groups -OCH3 is 3. The van der Waals surface area contributed by atoms with E-state index in [1.54, 1.807) is 19.1 Å². The standard InChI is InChI=1S/C31H40ClN5O6/c1-6-33-28(38)24(18-10-9-11-18)36-29(39)31(2,17-41-3)19-14-15-22-23(16-19)35-27(34-22)25(37-30(40)43-5)26(42-4)20-12-7-8-13-21(20)32/h7-8,12-16,18,24-26H,6,9-11,17H2,1-5H3,(H,33,38)(H,34,35)(H,36,39)(H,37,40)/t24-,25?,26?,31?/m1/s1. The molecule has 0 spiro atoms. The zero-order chi connectivity index (χ0) is 31.1. The minimum absolute atomic E-state index is 0.0862. The van der Waals surface area contributed by atoms with Crippen LogP contribution in [0.3, 0.4) is 0 Å². The molecule has 3 amide bonds. The highest BCUT2D eigenvalue weighted by Gasteiger charge is 2.41. The lowest BCUT2D eigenvalue weighted by atomic mass is 9.77. The molecule has 1 heterocycles. The van der Waals surface area contributed by atoms with E-state index in [1.807, 2.05) is 37.3 Å². The molecule has 4 atom stereocenters. The zero-order valence-electron chi connectivity index (χ0n) is 25.2. The number of aromatic nitrogens is 2. The van der Waals surface area contributed by atoms with Crippen molar-refractivity contribution in [3.8, 4) is 0 Å². The lowest BCUT2D eigenvalue weighted by molar-refractivity contribution is -0.135. The molecule has 12 heteroatoms. The quantitative estimate of drug-likeness (QED) is 0.225. The smallest absolute Gasteiger partial charge is 0.407 e. The minimum Gasteiger partial charge on any atom is -0.453 e. The molecular formula is C31H40ClN5O6. The van der Waals surface area contributed by atoms with Crippen molar-refractivity contribution in [2.75, 3.05) is 34.5 Å². The minimum atomic E-state index is -1.11. The molecule has 0 aliphatic heterocycles. The number of benzene rings is 2. The third-order valence-corrected chi connectivity index (χ3v) is 8.48. The van der Waals surface area contributed by atoms with Crippen molar-refractivity contribution in [1.29, 1.82) is 0 Å². The molecule has 0 bridgehead atoms. The summed E-state index contributed by atoms with van der Waals surface area (Å²) in [7, 11) is 4.33. The van der Waals surface area contributed by atoms with Gasteiger partial charge < -0.3 is 35.1 Å². The summed E-state index contributed by atoms with van der Waals surface area (Å²) in [6.07, 6.45) is 1.46. The Morgan fingerprint density at radius 3 is 2.47 bits per heavy atom. The van der Waals surface area contributed by atoms with Crippen molar-refractivity contribution in [3.63, 3.8) is 0 Å². The highest BCUT2D eigenvalue weighted by molar-refractivity contribution is 6.31. The molecule has 1 fully saturated rings. The first-order valence-corrected chi connectivity index (χ1v) is 14.7. The van der Waals surface area contributed by atoms with Crippen LogP contribution in [0.25, 0.3) is 11.0 Å². The van der Waals surface area contributed by atoms with E-state index in [-0.39, 0.29) is 24.3 Å². The number of aromatic amines is 1. The molecular weight excluding hydrogens is 574 g/mol. The molecule has 4 N–H and O–H groups in total. The molecule has 1 aliphatic rings. The molecule has 11 nitrogen and oxygen atoms in total. The van der Waals surface area contributed by atoms with Gasteiger partial charge >= 0.3 is 6.09 Å². The number of H-pyrrole nitrogens is 1. The van der Waals surface area contributed by atoms with Crippen molar-refractivity contribution in [2.24, 2.45) is 5.92 Å². The average Bonchev–Trinajstić information content (AvgIpc) is 3.40. The first-order valence-electron chi connectivity index (χ1n) is 14.4. The van der Waals surface area contributed by atoms with E-state index >= 15 is 0 Å². The summed E-state index contributed by atoms with van der Waals surface area (Å²) in [5.74, 6) is 0.0267. The predicted octanol–water partition coefficient (Wildman–Crippen LogP) is 4.33. The number of halogens is 1. The lowest BCUT2D eigenvalue weighted by Crippen LogP contribution is -2.57. The zero-order valence-corrected chi connectivity index (χ0v) is 25.9. The van der Waals surface area contributed by atoms with Crippen LogP contribution in [0, 0.1) is 5.92 Å². The summed E-state index contributed by atoms with van der Waals surface area (Å²) in [6.45, 7) is 4.22. The number of rotatable bonds is 13. The van der Waals surface area contributed by atoms with E-state index in [2.05, 4.69) is 20.9 Å². The lowest BCUT2D eigenvalue weighted by Gasteiger charge is -2.36. The predicted molar refractivity (Wildman–Crippen MR) is 163 cm³/mol. The Kier molecular flexibility index (Phi) is 10.6. The molecule has 1 aromatic heterocycles. The highest BCUT2D eigenvalue weighted by Crippen LogP contribution is 2.36. The molecule has 2 aromatic carbocycles. The number of amides is 3. The van der Waals surface area contributed by atoms with E-state index in [0.717, 1.165) is 19.3 Å². The molecule has 1 aliphatic carbocycles. The molecule has 0 radical (unpaired) electrons. The third-order valence-electron chi connectivity index (χ3n) is 8.13. The maximum absolute atomic E-state index is 13.9. The fourth-order valence-corrected chi connectivity index (χ4v) is 5.71. The molecule has 1 saturated carbocycles. The Morgan fingerprint density at radius 2 is 1.86 bits per heavy atom. The first-order chi connectivity index (χ1) is 20.7. The maximum Gasteiger partial charge on any atom is 0.407 e. The van der Waals surface area contributed by atoms with Crippen LogP contribution < -0.4 is 16.0 Å². The molecule has 3 unspecified atom stereocenters. The largest absolute Gasteiger partial charge is 0.453 e. The summed E-state index contributed by atoms with van der Waals surface area (Å²) < 4.78 is 16.2. The number of carbonyl (C=O) groups excluding carboxylic acids is 3. The summed E-state index contributed by atoms with van der Waals surface area (Å²) in [6, 6.07) is 11.2. The van der Waals surface area contributed by atoms with Gasteiger partial charge in [-0.05, 0) is 56.4 Å². The second kappa shape index (κ2) is 14.2. The number of hydrogen-bond acceptors (Lipinski definition) is 7. The van der Waals surface area contributed by atoms with Crippen LogP contribution in [-0.4, -0.2) is 68.4 Å². The fraction of sp³-hybridized carbons (Fsp3) is 0.484. The van der Waals surface area contributed by atoms with Gasteiger partial charge in [0.2, 0.25) is 11.8 Å². The Hall–Kier alpha value is -3.67. The van der Waals surface area contributed by atoms with Gasteiger partial charge in [0.05, 0.1) is 30.2 Å². The van der Waals surface area contributed by atoms with Gasteiger partial charge in [-0.15, -0.1) is 0 Å². The number of imidazole rings is 1. The van der Waals surface area contributed by atoms with E-state index in [4.69, 9.17) is 30.8 Å². The van der Waals surface area contributed by atoms with Gasteiger partial charge in [-0.2, -0.15) is 0 Å². The van der Waals surface area contributed by atoms with Gasteiger partial charge in [-0.25, -0.2) is 9.78 Å². The fourth-order valence-electron chi connectivity index (χ4n) is 5.47. The summed E-state index contributed by atoms with van der Waals surface area (Å²) >= 11 is 6.48. The molecule has 0 saturated heterocycles. The van der Waals surface area contributed by atoms with Crippen LogP contribution in [0.15, 0.2) is 42.5 Å². The molecule has 43 heavy (non-hydrogen) atoms. The monoisotopic (exact) mass is 613 g/mol.